The maximum atomic E-state index is 11.7. The van der Waals surface area contributed by atoms with Crippen molar-refractivity contribution in [3.8, 4) is 0 Å². The molecular weight excluding hydrogens is 447 g/mol. The molecule has 1 aromatic carbocycles. The van der Waals surface area contributed by atoms with Crippen molar-refractivity contribution in [1.82, 2.24) is 0 Å². The van der Waals surface area contributed by atoms with Gasteiger partial charge >= 0.3 is 26.0 Å². The second kappa shape index (κ2) is 8.60. The largest absolute Gasteiger partial charge is 2.00 e. The molecule has 1 aromatic rings. The normalized spacial score (nSPS) is 12.4. The van der Waals surface area contributed by atoms with Crippen LogP contribution in [0, 0.1) is 0 Å². The Labute approximate surface area is 127 Å². The molecular formula is C14H11F3O2Os. The van der Waals surface area contributed by atoms with E-state index in [0.29, 0.717) is 0 Å². The number of carbonyl (C=O) groups excluding carboxylic acids is 1. The predicted molar refractivity (Wildman–Crippen MR) is 63.0 cm³/mol. The molecule has 0 aliphatic heterocycles. The number of halogens is 3. The summed E-state index contributed by atoms with van der Waals surface area (Å²) in [4.78, 5) is 10.4. The fraction of sp³-hybridized carbons (Fsp3) is 0.143. The number of rotatable bonds is 2. The maximum Gasteiger partial charge on any atom is 2.00 e. The topological polar surface area (TPSA) is 40.1 Å². The van der Waals surface area contributed by atoms with Gasteiger partial charge in [-0.15, -0.1) is 5.76 Å². The Morgan fingerprint density at radius 3 is 2.00 bits per heavy atom. The van der Waals surface area contributed by atoms with Crippen LogP contribution in [0.4, 0.5) is 13.2 Å². The molecule has 0 spiro atoms. The van der Waals surface area contributed by atoms with E-state index in [1.54, 1.807) is 0 Å². The maximum absolute atomic E-state index is 11.7. The average molecular weight is 458 g/mol. The SMILES string of the molecule is O=C(CC([O-])=C1C=CC=C1)C(F)(F)F.[Os+2].c1cc[cH-]c1. The molecule has 0 saturated heterocycles. The number of Topliss-reactive ketones (excluding diaryl/α,β-unsaturated/α-hetero) is 1. The molecule has 20 heavy (non-hydrogen) atoms. The van der Waals surface area contributed by atoms with Crippen LogP contribution in [-0.4, -0.2) is 12.0 Å². The number of carbonyl (C=O) groups is 1. The number of allylic oxidation sites excluding steroid dienone is 6. The molecule has 0 atom stereocenters. The molecule has 1 aliphatic rings. The van der Waals surface area contributed by atoms with Crippen LogP contribution in [0.25, 0.3) is 0 Å². The van der Waals surface area contributed by atoms with Crippen LogP contribution in [0.15, 0.2) is 66.0 Å². The molecule has 0 N–H and O–H groups in total. The summed E-state index contributed by atoms with van der Waals surface area (Å²) in [5.41, 5.74) is 0.127. The molecule has 0 saturated carbocycles. The molecule has 1 aliphatic carbocycles. The zero-order chi connectivity index (χ0) is 14.3. The summed E-state index contributed by atoms with van der Waals surface area (Å²) in [6.45, 7) is 0. The minimum Gasteiger partial charge on any atom is -0.875 e. The van der Waals surface area contributed by atoms with E-state index in [2.05, 4.69) is 0 Å². The van der Waals surface area contributed by atoms with Crippen LogP contribution in [0.2, 0.25) is 0 Å². The predicted octanol–water partition coefficient (Wildman–Crippen LogP) is 2.65. The summed E-state index contributed by atoms with van der Waals surface area (Å²) in [7, 11) is 0. The number of ketones is 1. The van der Waals surface area contributed by atoms with Crippen LogP contribution in [-0.2, 0) is 24.6 Å². The zero-order valence-electron chi connectivity index (χ0n) is 10.2. The van der Waals surface area contributed by atoms with Crippen molar-refractivity contribution in [3.05, 3.63) is 66.0 Å². The summed E-state index contributed by atoms with van der Waals surface area (Å²) in [5, 5.41) is 11.0. The third kappa shape index (κ3) is 6.58. The summed E-state index contributed by atoms with van der Waals surface area (Å²) in [6, 6.07) is 10.0. The molecule has 0 radical (unpaired) electrons. The van der Waals surface area contributed by atoms with Gasteiger partial charge in [0.15, 0.2) is 0 Å². The van der Waals surface area contributed by atoms with Crippen LogP contribution in [0.3, 0.4) is 0 Å². The Hall–Kier alpha value is -1.53. The molecule has 0 fully saturated rings. The van der Waals surface area contributed by atoms with Crippen molar-refractivity contribution in [2.45, 2.75) is 12.6 Å². The third-order valence-electron chi connectivity index (χ3n) is 2.18. The van der Waals surface area contributed by atoms with Gasteiger partial charge in [-0.25, -0.2) is 12.1 Å². The van der Waals surface area contributed by atoms with Crippen molar-refractivity contribution in [1.29, 1.82) is 0 Å². The van der Waals surface area contributed by atoms with Gasteiger partial charge in [-0.2, -0.15) is 31.4 Å². The number of hydrogen-bond acceptors (Lipinski definition) is 2. The van der Waals surface area contributed by atoms with Crippen molar-refractivity contribution in [2.24, 2.45) is 0 Å². The molecule has 0 bridgehead atoms. The molecule has 0 unspecified atom stereocenters. The van der Waals surface area contributed by atoms with Gasteiger partial charge in [0.05, 0.1) is 0 Å². The van der Waals surface area contributed by atoms with E-state index in [0.717, 1.165) is 0 Å². The summed E-state index contributed by atoms with van der Waals surface area (Å²) >= 11 is 0. The number of hydrogen-bond donors (Lipinski definition) is 0. The van der Waals surface area contributed by atoms with Gasteiger partial charge < -0.3 is 5.11 Å². The summed E-state index contributed by atoms with van der Waals surface area (Å²) in [6.07, 6.45) is -0.273. The van der Waals surface area contributed by atoms with Gasteiger partial charge in [-0.1, -0.05) is 24.3 Å². The molecule has 0 heterocycles. The van der Waals surface area contributed by atoms with Gasteiger partial charge in [-0.3, -0.25) is 4.79 Å². The Balaban J connectivity index is 0.000000507. The smallest absolute Gasteiger partial charge is 0.875 e. The first-order chi connectivity index (χ1) is 8.91. The van der Waals surface area contributed by atoms with Crippen LogP contribution < -0.4 is 5.11 Å². The summed E-state index contributed by atoms with van der Waals surface area (Å²) in [5.74, 6) is -2.82. The molecule has 108 valence electrons. The third-order valence-corrected chi connectivity index (χ3v) is 2.18. The van der Waals surface area contributed by atoms with Crippen molar-refractivity contribution < 1.29 is 42.9 Å². The van der Waals surface area contributed by atoms with Gasteiger partial charge in [-0.05, 0) is 5.57 Å². The van der Waals surface area contributed by atoms with E-state index in [9.17, 15) is 23.1 Å². The monoisotopic (exact) mass is 460 g/mol. The van der Waals surface area contributed by atoms with Crippen molar-refractivity contribution in [3.63, 3.8) is 0 Å². The fourth-order valence-electron chi connectivity index (χ4n) is 1.23. The second-order valence-corrected chi connectivity index (χ2v) is 3.66. The van der Waals surface area contributed by atoms with Crippen molar-refractivity contribution >= 4 is 5.78 Å². The Bertz CT molecular complexity index is 466. The quantitative estimate of drug-likeness (QED) is 0.505. The van der Waals surface area contributed by atoms with Crippen LogP contribution in [0.1, 0.15) is 6.42 Å². The first-order valence-electron chi connectivity index (χ1n) is 5.43. The minimum absolute atomic E-state index is 0. The fourth-order valence-corrected chi connectivity index (χ4v) is 1.23. The van der Waals surface area contributed by atoms with Gasteiger partial charge in [0.25, 0.3) is 0 Å². The Morgan fingerprint density at radius 2 is 1.65 bits per heavy atom. The second-order valence-electron chi connectivity index (χ2n) is 3.66. The van der Waals surface area contributed by atoms with E-state index in [1.165, 1.54) is 24.3 Å². The first-order valence-corrected chi connectivity index (χ1v) is 5.43. The number of alkyl halides is 3. The van der Waals surface area contributed by atoms with Crippen LogP contribution >= 0.6 is 0 Å². The minimum atomic E-state index is -4.93. The van der Waals surface area contributed by atoms with Crippen molar-refractivity contribution in [2.75, 3.05) is 0 Å². The standard InChI is InChI=1S/C9H7F3O2.C5H5.Os/c10-9(11,12)8(14)5-7(13)6-3-1-2-4-6;1-2-4-5-3-1;/h1-4,13H,5H2;1-5H;/q;-1;+2/p-1. The van der Waals surface area contributed by atoms with Crippen LogP contribution in [0.5, 0.6) is 0 Å². The average Bonchev–Trinajstić information content (AvgIpc) is 3.04. The van der Waals surface area contributed by atoms with Gasteiger partial charge in [0.1, 0.15) is 0 Å². The van der Waals surface area contributed by atoms with E-state index < -0.39 is 24.1 Å². The van der Waals surface area contributed by atoms with Gasteiger partial charge in [0, 0.05) is 6.42 Å². The Kier molecular flexibility index (Phi) is 7.94. The van der Waals surface area contributed by atoms with E-state index in [-0.39, 0.29) is 25.4 Å². The molecule has 6 heteroatoms. The van der Waals surface area contributed by atoms with E-state index in [1.807, 2.05) is 30.3 Å². The van der Waals surface area contributed by atoms with E-state index >= 15 is 0 Å². The summed E-state index contributed by atoms with van der Waals surface area (Å²) < 4.78 is 35.2. The zero-order valence-corrected chi connectivity index (χ0v) is 12.7. The van der Waals surface area contributed by atoms with Gasteiger partial charge in [0.2, 0.25) is 5.78 Å². The molecule has 2 nitrogen and oxygen atoms in total. The first kappa shape index (κ1) is 18.5. The van der Waals surface area contributed by atoms with E-state index in [4.69, 9.17) is 0 Å². The Morgan fingerprint density at radius 1 is 1.15 bits per heavy atom. The molecule has 0 amide bonds. The molecule has 0 aromatic heterocycles. The molecule has 2 rings (SSSR count).